The average molecular weight is 249 g/mol. The summed E-state index contributed by atoms with van der Waals surface area (Å²) in [5.74, 6) is 0.0628. The number of hydrogen-bond acceptors (Lipinski definition) is 3. The molecule has 1 aromatic rings. The Bertz CT molecular complexity index is 397. The highest BCUT2D eigenvalue weighted by atomic mass is 16.7. The zero-order valence-electron chi connectivity index (χ0n) is 10.8. The minimum Gasteiger partial charge on any atom is -0.354 e. The van der Waals surface area contributed by atoms with Gasteiger partial charge in [0, 0.05) is 14.2 Å². The molecule has 0 radical (unpaired) electrons. The van der Waals surface area contributed by atoms with Gasteiger partial charge < -0.3 is 14.8 Å². The Morgan fingerprint density at radius 3 is 2.39 bits per heavy atom. The summed E-state index contributed by atoms with van der Waals surface area (Å²) in [5.41, 5.74) is 0.765. The van der Waals surface area contributed by atoms with Crippen LogP contribution in [0.2, 0.25) is 0 Å². The van der Waals surface area contributed by atoms with Crippen LogP contribution in [0, 0.1) is 0 Å². The predicted molar refractivity (Wildman–Crippen MR) is 68.2 cm³/mol. The molecule has 1 amide bonds. The molecule has 1 aliphatic rings. The van der Waals surface area contributed by atoms with Gasteiger partial charge in [0.2, 0.25) is 5.91 Å². The van der Waals surface area contributed by atoms with Crippen LogP contribution in [0.5, 0.6) is 0 Å². The van der Waals surface area contributed by atoms with Gasteiger partial charge in [0.25, 0.3) is 0 Å². The highest BCUT2D eigenvalue weighted by Crippen LogP contribution is 2.48. The molecule has 98 valence electrons. The van der Waals surface area contributed by atoms with Crippen LogP contribution in [-0.2, 0) is 19.7 Å². The van der Waals surface area contributed by atoms with Crippen LogP contribution in [0.3, 0.4) is 0 Å². The Hall–Kier alpha value is -1.39. The summed E-state index contributed by atoms with van der Waals surface area (Å²) in [7, 11) is 3.12. The second-order valence-corrected chi connectivity index (χ2v) is 4.56. The Morgan fingerprint density at radius 1 is 1.28 bits per heavy atom. The standard InChI is InChI=1S/C14H19NO3/c1-17-12(18-2)10-15-13(16)14(8-9-14)11-6-4-3-5-7-11/h3-7,12H,8-10H2,1-2H3,(H,15,16). The van der Waals surface area contributed by atoms with Gasteiger partial charge in [-0.15, -0.1) is 0 Å². The maximum atomic E-state index is 12.2. The van der Waals surface area contributed by atoms with Crippen molar-refractivity contribution < 1.29 is 14.3 Å². The summed E-state index contributed by atoms with van der Waals surface area (Å²) in [6.45, 7) is 0.375. The van der Waals surface area contributed by atoms with Crippen molar-refractivity contribution in [3.05, 3.63) is 35.9 Å². The highest BCUT2D eigenvalue weighted by Gasteiger charge is 2.51. The van der Waals surface area contributed by atoms with E-state index < -0.39 is 0 Å². The van der Waals surface area contributed by atoms with Crippen molar-refractivity contribution in [3.8, 4) is 0 Å². The third-order valence-electron chi connectivity index (χ3n) is 3.47. The van der Waals surface area contributed by atoms with Crippen molar-refractivity contribution >= 4 is 5.91 Å². The van der Waals surface area contributed by atoms with Gasteiger partial charge in [0.1, 0.15) is 0 Å². The zero-order chi connectivity index (χ0) is 13.0. The second-order valence-electron chi connectivity index (χ2n) is 4.56. The first kappa shape index (κ1) is 13.1. The van der Waals surface area contributed by atoms with E-state index in [9.17, 15) is 4.79 Å². The Kier molecular flexibility index (Phi) is 3.99. The quantitative estimate of drug-likeness (QED) is 0.776. The van der Waals surface area contributed by atoms with Crippen LogP contribution in [-0.4, -0.2) is 33.0 Å². The number of carbonyl (C=O) groups is 1. The number of nitrogens with one attached hydrogen (secondary N) is 1. The summed E-state index contributed by atoms with van der Waals surface area (Å²) < 4.78 is 10.1. The molecular weight excluding hydrogens is 230 g/mol. The van der Waals surface area contributed by atoms with Crippen molar-refractivity contribution in [2.24, 2.45) is 0 Å². The van der Waals surface area contributed by atoms with E-state index >= 15 is 0 Å². The first-order valence-electron chi connectivity index (χ1n) is 6.12. The lowest BCUT2D eigenvalue weighted by Gasteiger charge is -2.18. The first-order chi connectivity index (χ1) is 8.73. The lowest BCUT2D eigenvalue weighted by molar-refractivity contribution is -0.129. The number of ether oxygens (including phenoxy) is 2. The van der Waals surface area contributed by atoms with Crippen LogP contribution in [0.15, 0.2) is 30.3 Å². The fraction of sp³-hybridized carbons (Fsp3) is 0.500. The van der Waals surface area contributed by atoms with Crippen LogP contribution in [0.1, 0.15) is 18.4 Å². The molecule has 0 saturated heterocycles. The molecule has 1 N–H and O–H groups in total. The predicted octanol–water partition coefficient (Wildman–Crippen LogP) is 1.45. The second kappa shape index (κ2) is 5.50. The Balaban J connectivity index is 1.97. The molecule has 1 aliphatic carbocycles. The van der Waals surface area contributed by atoms with E-state index in [1.54, 1.807) is 14.2 Å². The number of hydrogen-bond donors (Lipinski definition) is 1. The Labute approximate surface area is 107 Å². The van der Waals surface area contributed by atoms with Crippen molar-refractivity contribution in [1.82, 2.24) is 5.32 Å². The van der Waals surface area contributed by atoms with E-state index in [0.29, 0.717) is 6.54 Å². The SMILES string of the molecule is COC(CNC(=O)C1(c2ccccc2)CC1)OC. The molecule has 4 nitrogen and oxygen atoms in total. The van der Waals surface area contributed by atoms with E-state index in [2.05, 4.69) is 5.32 Å². The molecule has 0 bridgehead atoms. The molecule has 1 fully saturated rings. The topological polar surface area (TPSA) is 47.6 Å². The van der Waals surface area contributed by atoms with Gasteiger partial charge in [-0.1, -0.05) is 30.3 Å². The van der Waals surface area contributed by atoms with Crippen molar-refractivity contribution in [2.75, 3.05) is 20.8 Å². The molecule has 4 heteroatoms. The van der Waals surface area contributed by atoms with Gasteiger partial charge in [0.15, 0.2) is 6.29 Å². The zero-order valence-corrected chi connectivity index (χ0v) is 10.8. The number of amides is 1. The van der Waals surface area contributed by atoms with E-state index in [1.807, 2.05) is 30.3 Å². The largest absolute Gasteiger partial charge is 0.354 e. The lowest BCUT2D eigenvalue weighted by Crippen LogP contribution is -2.40. The van der Waals surface area contributed by atoms with Gasteiger partial charge in [-0.2, -0.15) is 0 Å². The number of benzene rings is 1. The monoisotopic (exact) mass is 249 g/mol. The summed E-state index contributed by atoms with van der Waals surface area (Å²) in [6, 6.07) is 9.92. The average Bonchev–Trinajstić information content (AvgIpc) is 3.22. The van der Waals surface area contributed by atoms with Crippen LogP contribution >= 0.6 is 0 Å². The van der Waals surface area contributed by atoms with Gasteiger partial charge >= 0.3 is 0 Å². The fourth-order valence-electron chi connectivity index (χ4n) is 2.14. The van der Waals surface area contributed by atoms with Crippen molar-refractivity contribution in [1.29, 1.82) is 0 Å². The fourth-order valence-corrected chi connectivity index (χ4v) is 2.14. The smallest absolute Gasteiger partial charge is 0.230 e. The number of rotatable bonds is 6. The van der Waals surface area contributed by atoms with E-state index in [-0.39, 0.29) is 17.6 Å². The summed E-state index contributed by atoms with van der Waals surface area (Å²) >= 11 is 0. The minimum absolute atomic E-state index is 0.0628. The molecule has 0 aliphatic heterocycles. The maximum absolute atomic E-state index is 12.2. The molecule has 0 heterocycles. The van der Waals surface area contributed by atoms with E-state index in [4.69, 9.17) is 9.47 Å². The van der Waals surface area contributed by atoms with Gasteiger partial charge in [-0.05, 0) is 18.4 Å². The van der Waals surface area contributed by atoms with Gasteiger partial charge in [0.05, 0.1) is 12.0 Å². The number of carbonyl (C=O) groups excluding carboxylic acids is 1. The summed E-state index contributed by atoms with van der Waals surface area (Å²) in [4.78, 5) is 12.2. The summed E-state index contributed by atoms with van der Waals surface area (Å²) in [5, 5.41) is 2.90. The molecule has 0 unspecified atom stereocenters. The Morgan fingerprint density at radius 2 is 1.89 bits per heavy atom. The third kappa shape index (κ3) is 2.54. The minimum atomic E-state index is -0.388. The highest BCUT2D eigenvalue weighted by molar-refractivity contribution is 5.91. The van der Waals surface area contributed by atoms with Crippen LogP contribution in [0.25, 0.3) is 0 Å². The molecule has 18 heavy (non-hydrogen) atoms. The molecular formula is C14H19NO3. The van der Waals surface area contributed by atoms with Crippen LogP contribution < -0.4 is 5.32 Å². The van der Waals surface area contributed by atoms with E-state index in [1.165, 1.54) is 0 Å². The third-order valence-corrected chi connectivity index (χ3v) is 3.47. The summed E-state index contributed by atoms with van der Waals surface area (Å²) in [6.07, 6.45) is 1.43. The molecule has 0 atom stereocenters. The van der Waals surface area contributed by atoms with Crippen LogP contribution in [0.4, 0.5) is 0 Å². The molecule has 1 saturated carbocycles. The van der Waals surface area contributed by atoms with E-state index in [0.717, 1.165) is 18.4 Å². The molecule has 0 spiro atoms. The number of methoxy groups -OCH3 is 2. The maximum Gasteiger partial charge on any atom is 0.230 e. The van der Waals surface area contributed by atoms with Gasteiger partial charge in [-0.25, -0.2) is 0 Å². The van der Waals surface area contributed by atoms with Gasteiger partial charge in [-0.3, -0.25) is 4.79 Å². The molecule has 0 aromatic heterocycles. The first-order valence-corrected chi connectivity index (χ1v) is 6.12. The normalized spacial score (nSPS) is 16.6. The molecule has 2 rings (SSSR count). The van der Waals surface area contributed by atoms with Crippen molar-refractivity contribution in [3.63, 3.8) is 0 Å². The van der Waals surface area contributed by atoms with Crippen molar-refractivity contribution in [2.45, 2.75) is 24.5 Å². The lowest BCUT2D eigenvalue weighted by atomic mass is 9.95. The molecule has 1 aromatic carbocycles.